The van der Waals surface area contributed by atoms with Gasteiger partial charge in [0.05, 0.1) is 12.1 Å². The van der Waals surface area contributed by atoms with E-state index in [0.717, 1.165) is 38.5 Å². The van der Waals surface area contributed by atoms with Gasteiger partial charge in [-0.2, -0.15) is 0 Å². The molecule has 0 aromatic carbocycles. The smallest absolute Gasteiger partial charge is 0.238 e. The Kier molecular flexibility index (Phi) is 24.6. The number of halogens is 2. The Morgan fingerprint density at radius 2 is 0.812 bits per heavy atom. The summed E-state index contributed by atoms with van der Waals surface area (Å²) in [6.45, 7) is 12.5. The lowest BCUT2D eigenvalue weighted by molar-refractivity contribution is -0.117. The first-order valence-corrected chi connectivity index (χ1v) is 20.2. The quantitative estimate of drug-likeness (QED) is 0.0438. The Morgan fingerprint density at radius 3 is 1.08 bits per heavy atom. The van der Waals surface area contributed by atoms with Crippen LogP contribution in [0.15, 0.2) is 22.3 Å². The van der Waals surface area contributed by atoms with Crippen molar-refractivity contribution in [3.63, 3.8) is 0 Å². The second-order valence-electron chi connectivity index (χ2n) is 14.1. The monoisotopic (exact) mass is 710 g/mol. The molecule has 1 aliphatic carbocycles. The normalized spacial score (nSPS) is 16.4. The Labute approximate surface area is 303 Å². The molecular weight excluding hydrogens is 643 g/mol. The zero-order chi connectivity index (χ0) is 35.9. The van der Waals surface area contributed by atoms with E-state index < -0.39 is 22.6 Å². The van der Waals surface area contributed by atoms with Crippen molar-refractivity contribution >= 4 is 45.3 Å². The average Bonchev–Trinajstić information content (AvgIpc) is 3.05. The van der Waals surface area contributed by atoms with Gasteiger partial charge in [0.2, 0.25) is 10.5 Å². The predicted molar refractivity (Wildman–Crippen MR) is 203 cm³/mol. The molecule has 0 aromatic heterocycles. The molecule has 0 aromatic rings. The lowest BCUT2D eigenvalue weighted by Gasteiger charge is -2.31. The largest absolute Gasteiger partial charge is 0.302 e. The molecule has 0 spiro atoms. The molecule has 0 amide bonds. The molecule has 48 heavy (non-hydrogen) atoms. The number of allylic oxidation sites excluding steroid dienone is 2. The highest BCUT2D eigenvalue weighted by molar-refractivity contribution is 6.65. The summed E-state index contributed by atoms with van der Waals surface area (Å²) in [5.41, 5.74) is 2.01. The van der Waals surface area contributed by atoms with Crippen molar-refractivity contribution < 1.29 is 19.2 Å². The summed E-state index contributed by atoms with van der Waals surface area (Å²) in [6, 6.07) is -1.20. The van der Waals surface area contributed by atoms with Crippen LogP contribution in [-0.4, -0.2) is 47.2 Å². The molecule has 0 heterocycles. The van der Waals surface area contributed by atoms with E-state index in [9.17, 15) is 19.2 Å². The van der Waals surface area contributed by atoms with E-state index in [-0.39, 0.29) is 36.5 Å². The number of ketones is 2. The molecule has 0 saturated heterocycles. The van der Waals surface area contributed by atoms with Gasteiger partial charge in [-0.1, -0.05) is 144 Å². The number of rotatable bonds is 30. The molecule has 1 aliphatic rings. The fourth-order valence-electron chi connectivity index (χ4n) is 6.92. The maximum atomic E-state index is 14.5. The Morgan fingerprint density at radius 1 is 0.521 bits per heavy atom. The van der Waals surface area contributed by atoms with Gasteiger partial charge < -0.3 is 10.6 Å². The number of hydrogen-bond acceptors (Lipinski definition) is 6. The minimum atomic E-state index is -0.600. The highest BCUT2D eigenvalue weighted by atomic mass is 35.5. The summed E-state index contributed by atoms with van der Waals surface area (Å²) < 4.78 is 0. The van der Waals surface area contributed by atoms with Gasteiger partial charge in [-0.15, -0.1) is 0 Å². The van der Waals surface area contributed by atoms with E-state index in [1.165, 1.54) is 77.0 Å². The van der Waals surface area contributed by atoms with Gasteiger partial charge in [0.25, 0.3) is 0 Å². The van der Waals surface area contributed by atoms with Crippen LogP contribution < -0.4 is 10.6 Å². The molecule has 2 N–H and O–H groups in total. The summed E-state index contributed by atoms with van der Waals surface area (Å²) in [5, 5.41) is 5.39. The van der Waals surface area contributed by atoms with Crippen LogP contribution in [0.5, 0.6) is 0 Å². The molecule has 4 unspecified atom stereocenters. The van der Waals surface area contributed by atoms with E-state index in [2.05, 4.69) is 24.5 Å². The van der Waals surface area contributed by atoms with Crippen molar-refractivity contribution in [1.82, 2.24) is 10.6 Å². The minimum absolute atomic E-state index is 0.116. The second kappa shape index (κ2) is 26.5. The van der Waals surface area contributed by atoms with Gasteiger partial charge in [-0.3, -0.25) is 19.2 Å². The van der Waals surface area contributed by atoms with Gasteiger partial charge >= 0.3 is 0 Å². The van der Waals surface area contributed by atoms with E-state index in [1.54, 1.807) is 0 Å². The minimum Gasteiger partial charge on any atom is -0.302 e. The summed E-state index contributed by atoms with van der Waals surface area (Å²) in [7, 11) is 0. The zero-order valence-corrected chi connectivity index (χ0v) is 32.8. The highest BCUT2D eigenvalue weighted by Crippen LogP contribution is 2.36. The fraction of sp³-hybridized carbons (Fsp3) is 0.800. The number of hydrogen-bond donors (Lipinski definition) is 2. The molecular formula is C40H68Cl2N2O4. The molecule has 0 bridgehead atoms. The second-order valence-corrected chi connectivity index (χ2v) is 14.8. The van der Waals surface area contributed by atoms with Crippen LogP contribution in [0.4, 0.5) is 0 Å². The van der Waals surface area contributed by atoms with Crippen LogP contribution in [0.2, 0.25) is 0 Å². The molecule has 0 radical (unpaired) electrons. The summed E-state index contributed by atoms with van der Waals surface area (Å²) >= 11 is 11.7. The molecule has 276 valence electrons. The lowest BCUT2D eigenvalue weighted by Crippen LogP contribution is -2.42. The van der Waals surface area contributed by atoms with Crippen molar-refractivity contribution in [2.45, 2.75) is 182 Å². The van der Waals surface area contributed by atoms with Crippen LogP contribution in [0.3, 0.4) is 0 Å². The molecule has 0 saturated carbocycles. The maximum Gasteiger partial charge on any atom is 0.238 e. The van der Waals surface area contributed by atoms with Gasteiger partial charge in [0.15, 0.2) is 11.6 Å². The fourth-order valence-corrected chi connectivity index (χ4v) is 7.38. The number of unbranched alkanes of at least 4 members (excludes halogenated alkanes) is 14. The van der Waals surface area contributed by atoms with E-state index in [0.29, 0.717) is 35.1 Å². The first-order valence-electron chi connectivity index (χ1n) is 19.5. The first kappa shape index (κ1) is 44.7. The van der Waals surface area contributed by atoms with Crippen LogP contribution in [0, 0.1) is 11.8 Å². The van der Waals surface area contributed by atoms with Gasteiger partial charge in [-0.25, -0.2) is 0 Å². The highest BCUT2D eigenvalue weighted by Gasteiger charge is 2.38. The van der Waals surface area contributed by atoms with Crippen LogP contribution in [0.1, 0.15) is 170 Å². The van der Waals surface area contributed by atoms with Crippen molar-refractivity contribution in [3.05, 3.63) is 22.3 Å². The van der Waals surface area contributed by atoms with Crippen molar-refractivity contribution in [3.8, 4) is 0 Å². The van der Waals surface area contributed by atoms with Gasteiger partial charge in [0, 0.05) is 35.4 Å². The SMILES string of the molecule is CCCCCCCCCCC(C)C1=C(CNC(CC)C(=O)Cl)C(=O)C(C(C)CCCCCCCCCC)=C(CNC(CC)C(=O)Cl)C1=O. The van der Waals surface area contributed by atoms with E-state index >= 15 is 0 Å². The summed E-state index contributed by atoms with van der Waals surface area (Å²) in [5.74, 6) is -0.487. The number of carbonyl (C=O) groups is 4. The van der Waals surface area contributed by atoms with E-state index in [4.69, 9.17) is 23.2 Å². The third-order valence-corrected chi connectivity index (χ3v) is 10.6. The Bertz CT molecular complexity index is 972. The molecule has 6 nitrogen and oxygen atoms in total. The zero-order valence-electron chi connectivity index (χ0n) is 31.3. The third-order valence-electron chi connectivity index (χ3n) is 10.1. The number of carbonyl (C=O) groups excluding carboxylic acids is 4. The summed E-state index contributed by atoms with van der Waals surface area (Å²) in [4.78, 5) is 53.2. The summed E-state index contributed by atoms with van der Waals surface area (Å²) in [6.07, 6.45) is 21.7. The standard InChI is InChI=1S/C40H68Cl2N2O4/c1-7-11-13-15-17-19-21-23-25-29(5)35-31(27-43-33(9-3)39(41)47)38(46)36(30(6)26-24-22-20-18-16-14-12-8-2)32(37(35)45)28-44-34(10-4)40(42)48/h29-30,33-34,43-44H,7-28H2,1-6H3. The molecule has 8 heteroatoms. The van der Waals surface area contributed by atoms with Crippen LogP contribution in [-0.2, 0) is 19.2 Å². The van der Waals surface area contributed by atoms with Gasteiger partial charge in [0.1, 0.15) is 0 Å². The molecule has 4 atom stereocenters. The molecule has 0 fully saturated rings. The van der Waals surface area contributed by atoms with Crippen LogP contribution >= 0.6 is 23.2 Å². The Hall–Kier alpha value is -1.34. The number of nitrogens with one attached hydrogen (secondary N) is 2. The number of Topliss-reactive ketones (excluding diaryl/α,β-unsaturated/α-hetero) is 2. The van der Waals surface area contributed by atoms with Crippen LogP contribution in [0.25, 0.3) is 0 Å². The first-order chi connectivity index (χ1) is 23.0. The predicted octanol–water partition coefficient (Wildman–Crippen LogP) is 10.3. The van der Waals surface area contributed by atoms with Crippen molar-refractivity contribution in [2.24, 2.45) is 11.8 Å². The van der Waals surface area contributed by atoms with Crippen molar-refractivity contribution in [2.75, 3.05) is 13.1 Å². The third kappa shape index (κ3) is 16.1. The topological polar surface area (TPSA) is 92.3 Å². The van der Waals surface area contributed by atoms with E-state index in [1.807, 2.05) is 27.7 Å². The average molecular weight is 712 g/mol. The molecule has 0 aliphatic heterocycles. The van der Waals surface area contributed by atoms with Gasteiger partial charge in [-0.05, 0) is 60.7 Å². The lowest BCUT2D eigenvalue weighted by atomic mass is 9.73. The maximum absolute atomic E-state index is 14.5. The Balaban J connectivity index is 3.31. The van der Waals surface area contributed by atoms with Crippen molar-refractivity contribution in [1.29, 1.82) is 0 Å². The molecule has 1 rings (SSSR count).